The number of carboxylic acids is 2. The number of hydrogen-bond donors (Lipinski definition) is 5. The second-order valence-corrected chi connectivity index (χ2v) is 8.39. The van der Waals surface area contributed by atoms with Crippen molar-refractivity contribution in [2.24, 2.45) is 5.73 Å². The predicted molar refractivity (Wildman–Crippen MR) is 138 cm³/mol. The van der Waals surface area contributed by atoms with Gasteiger partial charge in [0.15, 0.2) is 0 Å². The fourth-order valence-electron chi connectivity index (χ4n) is 2.45. The summed E-state index contributed by atoms with van der Waals surface area (Å²) in [5, 5.41) is 29.7. The van der Waals surface area contributed by atoms with Crippen molar-refractivity contribution in [2.75, 3.05) is 12.3 Å². The predicted octanol–water partition coefficient (Wildman–Crippen LogP) is 3.43. The molecule has 0 unspecified atom stereocenters. The van der Waals surface area contributed by atoms with Gasteiger partial charge in [-0.05, 0) is 32.1 Å². The molecule has 0 rings (SSSR count). The number of nitrogens with two attached hydrogens (primary N) is 1. The smallest absolute Gasteiger partial charge is 0.322 e. The molecule has 9 heteroatoms. The van der Waals surface area contributed by atoms with Gasteiger partial charge in [-0.3, -0.25) is 14.4 Å². The summed E-state index contributed by atoms with van der Waals surface area (Å²) in [7, 11) is 0. The number of hydrogen-bond acceptors (Lipinski definition) is 6. The van der Waals surface area contributed by atoms with Crippen LogP contribution in [0, 0.1) is 0 Å². The summed E-state index contributed by atoms with van der Waals surface area (Å²) >= 11 is 1.18. The first-order valence-corrected chi connectivity index (χ1v) is 12.0. The molecule has 0 heterocycles. The standard InChI is InChI=1S/C25H40N2O6S/c1-2-3-4-5-6-7-8-9-10-11-12-13-16-22(21(28)15-14-17-23(29)30)34-19-20(26)25(33)27-18-24(31)32/h6-7,9-13,16,20-22,28H,2-5,8,14-15,17-19,26H2,1H3,(H,27,33)(H,29,30)(H,31,32)/b7-6-,10-9-,12-11+,16-13+/t20-,21-,22+/m0/s1/i1T2,2T2,6T,7T. The van der Waals surface area contributed by atoms with Gasteiger partial charge in [-0.15, -0.1) is 11.8 Å². The second-order valence-electron chi connectivity index (χ2n) is 7.18. The van der Waals surface area contributed by atoms with E-state index in [0.29, 0.717) is 0 Å². The van der Waals surface area contributed by atoms with Crippen molar-refractivity contribution >= 4 is 29.6 Å². The summed E-state index contributed by atoms with van der Waals surface area (Å²) in [4.78, 5) is 33.3. The van der Waals surface area contributed by atoms with Crippen molar-refractivity contribution in [3.8, 4) is 0 Å². The Morgan fingerprint density at radius 3 is 2.59 bits per heavy atom. The van der Waals surface area contributed by atoms with E-state index in [1.54, 1.807) is 36.5 Å². The highest BCUT2D eigenvalue weighted by Crippen LogP contribution is 2.21. The molecule has 8 nitrogen and oxygen atoms in total. The van der Waals surface area contributed by atoms with Gasteiger partial charge in [0.25, 0.3) is 0 Å². The Hall–Kier alpha value is -2.36. The highest BCUT2D eigenvalue weighted by Gasteiger charge is 2.21. The average molecular weight is 509 g/mol. The minimum atomic E-state index is -1.95. The number of aliphatic hydroxyl groups excluding tert-OH is 1. The molecule has 0 radical (unpaired) electrons. The topological polar surface area (TPSA) is 150 Å². The van der Waals surface area contributed by atoms with Gasteiger partial charge in [-0.25, -0.2) is 0 Å². The monoisotopic (exact) mass is 508 g/mol. The van der Waals surface area contributed by atoms with Crippen LogP contribution in [0.5, 0.6) is 0 Å². The van der Waals surface area contributed by atoms with E-state index < -0.39 is 55.0 Å². The molecule has 0 aliphatic heterocycles. The fourth-order valence-corrected chi connectivity index (χ4v) is 3.59. The first kappa shape index (κ1) is 22.1. The second kappa shape index (κ2) is 21.2. The van der Waals surface area contributed by atoms with Crippen LogP contribution in [0.2, 0.25) is 0 Å². The highest BCUT2D eigenvalue weighted by molar-refractivity contribution is 8.00. The zero-order valence-corrected chi connectivity index (χ0v) is 20.0. The number of allylic oxidation sites excluding steroid dienone is 7. The van der Waals surface area contributed by atoms with Crippen LogP contribution in [0.1, 0.15) is 66.4 Å². The maximum Gasteiger partial charge on any atom is 0.322 e. The molecule has 0 aliphatic carbocycles. The number of rotatable bonds is 20. The molecule has 0 aromatic rings. The number of aliphatic carboxylic acids is 2. The molecule has 192 valence electrons. The minimum Gasteiger partial charge on any atom is -0.481 e. The first-order chi connectivity index (χ1) is 18.7. The van der Waals surface area contributed by atoms with E-state index in [-0.39, 0.29) is 62.8 Å². The molecular weight excluding hydrogens is 456 g/mol. The third-order valence-electron chi connectivity index (χ3n) is 4.23. The van der Waals surface area contributed by atoms with Crippen molar-refractivity contribution in [1.29, 1.82) is 0 Å². The maximum absolute atomic E-state index is 11.9. The Morgan fingerprint density at radius 2 is 1.88 bits per heavy atom. The summed E-state index contributed by atoms with van der Waals surface area (Å²) in [5.74, 6) is -2.73. The number of carbonyl (C=O) groups excluding carboxylic acids is 1. The molecule has 0 saturated heterocycles. The van der Waals surface area contributed by atoms with E-state index in [1.807, 2.05) is 0 Å². The molecule has 0 aliphatic rings. The summed E-state index contributed by atoms with van der Waals surface area (Å²) in [6.45, 7) is -2.16. The Morgan fingerprint density at radius 1 is 1.12 bits per heavy atom. The lowest BCUT2D eigenvalue weighted by atomic mass is 10.1. The van der Waals surface area contributed by atoms with Gasteiger partial charge in [0.1, 0.15) is 6.54 Å². The normalized spacial score (nSPS) is 18.4. The van der Waals surface area contributed by atoms with E-state index in [1.165, 1.54) is 11.8 Å². The highest BCUT2D eigenvalue weighted by atomic mass is 32.2. The van der Waals surface area contributed by atoms with E-state index in [9.17, 15) is 19.5 Å². The summed E-state index contributed by atoms with van der Waals surface area (Å²) in [6.07, 6.45) is 8.17. The number of amides is 1. The van der Waals surface area contributed by atoms with Crippen LogP contribution in [0.4, 0.5) is 0 Å². The zero-order valence-electron chi connectivity index (χ0n) is 25.2. The van der Waals surface area contributed by atoms with Gasteiger partial charge in [0.2, 0.25) is 5.91 Å². The van der Waals surface area contributed by atoms with Crippen LogP contribution in [-0.4, -0.2) is 62.9 Å². The van der Waals surface area contributed by atoms with Gasteiger partial charge >= 0.3 is 11.9 Å². The fraction of sp³-hybridized carbons (Fsp3) is 0.560. The van der Waals surface area contributed by atoms with Crippen LogP contribution >= 0.6 is 11.8 Å². The Bertz CT molecular complexity index is 929. The van der Waals surface area contributed by atoms with E-state index >= 15 is 0 Å². The molecule has 6 N–H and O–H groups in total. The SMILES string of the molecule is [3H]/C(C\C=C/C=C/C=C/[C@@H](SC[C@H](N)C(=O)NCC(=O)O)[C@@H](O)CCCC(=O)O)=C(\[3H])CCCC([3H])([3H])C([3H])[3H]. The molecule has 3 atom stereocenters. The van der Waals surface area contributed by atoms with Crippen LogP contribution in [0.15, 0.2) is 48.6 Å². The van der Waals surface area contributed by atoms with Crippen LogP contribution in [0.3, 0.4) is 0 Å². The number of aliphatic hydroxyl groups is 1. The lowest BCUT2D eigenvalue weighted by Gasteiger charge is -2.21. The van der Waals surface area contributed by atoms with E-state index in [2.05, 4.69) is 5.32 Å². The molecule has 34 heavy (non-hydrogen) atoms. The number of carboxylic acid groups (broad SMARTS) is 2. The Kier molecular flexibility index (Phi) is 13.8. The van der Waals surface area contributed by atoms with Crippen molar-refractivity contribution in [3.63, 3.8) is 0 Å². The number of carbonyl (C=O) groups is 3. The molecule has 0 saturated carbocycles. The molecule has 0 fully saturated rings. The molecule has 0 aromatic carbocycles. The van der Waals surface area contributed by atoms with Crippen molar-refractivity contribution in [1.82, 2.24) is 5.32 Å². The molecular formula is C25H40N2O6S. The summed E-state index contributed by atoms with van der Waals surface area (Å²) in [6, 6.07) is -0.853. The number of nitrogens with one attached hydrogen (secondary N) is 1. The number of thioether (sulfide) groups is 1. The Labute approximate surface area is 215 Å². The van der Waals surface area contributed by atoms with Gasteiger partial charge in [0.05, 0.1) is 14.9 Å². The third kappa shape index (κ3) is 19.1. The third-order valence-corrected chi connectivity index (χ3v) is 5.63. The van der Waals surface area contributed by atoms with Crippen LogP contribution in [0.25, 0.3) is 0 Å². The van der Waals surface area contributed by atoms with Crippen molar-refractivity contribution < 1.29 is 37.9 Å². The van der Waals surface area contributed by atoms with Crippen molar-refractivity contribution in [2.45, 2.75) is 75.6 Å². The minimum absolute atomic E-state index is 0.0252. The Balaban J connectivity index is 4.94. The molecule has 0 bridgehead atoms. The summed E-state index contributed by atoms with van der Waals surface area (Å²) < 4.78 is 45.4. The van der Waals surface area contributed by atoms with E-state index in [4.69, 9.17) is 24.2 Å². The first-order valence-electron chi connectivity index (χ1n) is 14.1. The lowest BCUT2D eigenvalue weighted by molar-refractivity contribution is -0.138. The van der Waals surface area contributed by atoms with Crippen LogP contribution in [-0.2, 0) is 14.4 Å². The van der Waals surface area contributed by atoms with Gasteiger partial charge in [-0.1, -0.05) is 68.2 Å². The van der Waals surface area contributed by atoms with Gasteiger partial charge in [0, 0.05) is 22.9 Å². The van der Waals surface area contributed by atoms with Crippen molar-refractivity contribution in [3.05, 3.63) is 48.6 Å². The molecule has 0 spiro atoms. The van der Waals surface area contributed by atoms with Crippen LogP contribution < -0.4 is 11.1 Å². The lowest BCUT2D eigenvalue weighted by Crippen LogP contribution is -2.44. The molecule has 1 amide bonds. The largest absolute Gasteiger partial charge is 0.481 e. The quantitative estimate of drug-likeness (QED) is 0.124. The van der Waals surface area contributed by atoms with E-state index in [0.717, 1.165) is 0 Å². The van der Waals surface area contributed by atoms with Gasteiger partial charge in [-0.2, -0.15) is 0 Å². The van der Waals surface area contributed by atoms with Gasteiger partial charge < -0.3 is 26.4 Å². The molecule has 0 aromatic heterocycles. The zero-order chi connectivity index (χ0) is 30.7. The summed E-state index contributed by atoms with van der Waals surface area (Å²) in [5.41, 5.74) is 5.81. The average Bonchev–Trinajstić information content (AvgIpc) is 2.87. The maximum atomic E-state index is 11.9.